The van der Waals surface area contributed by atoms with Crippen molar-refractivity contribution in [3.8, 4) is 5.88 Å². The topological polar surface area (TPSA) is 59.9 Å². The summed E-state index contributed by atoms with van der Waals surface area (Å²) < 4.78 is 5.14. The standard InChI is InChI=1S/C15H16N4OS/c1-9-10(2)21-15-13(9)14(18-8-19-15)17-7-11-4-5-16-12(6-11)20-3/h4-6,8H,7H2,1-3H3,(H,17,18,19). The number of hydrogen-bond acceptors (Lipinski definition) is 6. The van der Waals surface area contributed by atoms with E-state index >= 15 is 0 Å². The normalized spacial score (nSPS) is 10.8. The Hall–Kier alpha value is -2.21. The maximum Gasteiger partial charge on any atom is 0.213 e. The minimum atomic E-state index is 0.615. The first-order valence-electron chi connectivity index (χ1n) is 6.62. The molecule has 0 aliphatic carbocycles. The molecule has 3 aromatic heterocycles. The van der Waals surface area contributed by atoms with E-state index in [-0.39, 0.29) is 0 Å². The highest BCUT2D eigenvalue weighted by Crippen LogP contribution is 2.32. The molecule has 0 aliphatic heterocycles. The number of aromatic nitrogens is 3. The number of ether oxygens (including phenoxy) is 1. The van der Waals surface area contributed by atoms with Crippen LogP contribution in [0.3, 0.4) is 0 Å². The molecule has 0 fully saturated rings. The molecular weight excluding hydrogens is 284 g/mol. The second-order valence-corrected chi connectivity index (χ2v) is 5.95. The van der Waals surface area contributed by atoms with Crippen molar-refractivity contribution < 1.29 is 4.74 Å². The SMILES string of the molecule is COc1cc(CNc2ncnc3sc(C)c(C)c23)ccn1. The lowest BCUT2D eigenvalue weighted by atomic mass is 10.2. The molecule has 0 saturated heterocycles. The predicted molar refractivity (Wildman–Crippen MR) is 85.0 cm³/mol. The van der Waals surface area contributed by atoms with Gasteiger partial charge in [0.25, 0.3) is 0 Å². The van der Waals surface area contributed by atoms with E-state index in [1.165, 1.54) is 10.4 Å². The van der Waals surface area contributed by atoms with Gasteiger partial charge in [-0.3, -0.25) is 0 Å². The summed E-state index contributed by atoms with van der Waals surface area (Å²) in [5, 5.41) is 4.49. The molecule has 6 heteroatoms. The van der Waals surface area contributed by atoms with E-state index in [1.807, 2.05) is 12.1 Å². The Labute approximate surface area is 127 Å². The van der Waals surface area contributed by atoms with E-state index in [1.54, 1.807) is 31.0 Å². The third kappa shape index (κ3) is 2.67. The van der Waals surface area contributed by atoms with Crippen molar-refractivity contribution >= 4 is 27.4 Å². The molecule has 0 bridgehead atoms. The van der Waals surface area contributed by atoms with E-state index in [4.69, 9.17) is 4.74 Å². The Kier molecular flexibility index (Phi) is 3.70. The number of anilines is 1. The molecule has 0 saturated carbocycles. The Bertz CT molecular complexity index is 784. The Balaban J connectivity index is 1.88. The molecule has 0 aromatic carbocycles. The predicted octanol–water partition coefficient (Wildman–Crippen LogP) is 3.32. The van der Waals surface area contributed by atoms with Crippen LogP contribution in [-0.2, 0) is 6.54 Å². The van der Waals surface area contributed by atoms with Crippen molar-refractivity contribution in [1.82, 2.24) is 15.0 Å². The molecule has 0 atom stereocenters. The van der Waals surface area contributed by atoms with Crippen molar-refractivity contribution in [2.75, 3.05) is 12.4 Å². The average molecular weight is 300 g/mol. The monoisotopic (exact) mass is 300 g/mol. The van der Waals surface area contributed by atoms with Gasteiger partial charge in [-0.25, -0.2) is 15.0 Å². The third-order valence-corrected chi connectivity index (χ3v) is 4.55. The fraction of sp³-hybridized carbons (Fsp3) is 0.267. The number of nitrogens with zero attached hydrogens (tertiary/aromatic N) is 3. The maximum atomic E-state index is 5.14. The van der Waals surface area contributed by atoms with Crippen LogP contribution < -0.4 is 10.1 Å². The van der Waals surface area contributed by atoms with Gasteiger partial charge in [0.2, 0.25) is 5.88 Å². The van der Waals surface area contributed by atoms with Crippen molar-refractivity contribution in [3.05, 3.63) is 40.7 Å². The van der Waals surface area contributed by atoms with E-state index in [2.05, 4.69) is 34.1 Å². The molecule has 3 rings (SSSR count). The molecule has 1 N–H and O–H groups in total. The molecular formula is C15H16N4OS. The first-order valence-corrected chi connectivity index (χ1v) is 7.44. The van der Waals surface area contributed by atoms with Crippen LogP contribution in [0.1, 0.15) is 16.0 Å². The van der Waals surface area contributed by atoms with Crippen LogP contribution in [0.4, 0.5) is 5.82 Å². The summed E-state index contributed by atoms with van der Waals surface area (Å²) in [4.78, 5) is 15.1. The molecule has 21 heavy (non-hydrogen) atoms. The highest BCUT2D eigenvalue weighted by atomic mass is 32.1. The van der Waals surface area contributed by atoms with Crippen molar-refractivity contribution in [3.63, 3.8) is 0 Å². The zero-order valence-corrected chi connectivity index (χ0v) is 13.0. The number of pyridine rings is 1. The lowest BCUT2D eigenvalue weighted by Crippen LogP contribution is -2.03. The minimum absolute atomic E-state index is 0.615. The smallest absolute Gasteiger partial charge is 0.213 e. The van der Waals surface area contributed by atoms with Crippen molar-refractivity contribution in [1.29, 1.82) is 0 Å². The highest BCUT2D eigenvalue weighted by molar-refractivity contribution is 7.18. The Morgan fingerprint density at radius 2 is 2.10 bits per heavy atom. The zero-order valence-electron chi connectivity index (χ0n) is 12.2. The van der Waals surface area contributed by atoms with Crippen LogP contribution in [0.5, 0.6) is 5.88 Å². The molecule has 3 aromatic rings. The Morgan fingerprint density at radius 3 is 2.90 bits per heavy atom. The van der Waals surface area contributed by atoms with Gasteiger partial charge >= 0.3 is 0 Å². The number of aryl methyl sites for hydroxylation is 2. The van der Waals surface area contributed by atoms with E-state index in [0.29, 0.717) is 12.4 Å². The zero-order chi connectivity index (χ0) is 14.8. The van der Waals surface area contributed by atoms with Crippen LogP contribution >= 0.6 is 11.3 Å². The summed E-state index contributed by atoms with van der Waals surface area (Å²) in [5.74, 6) is 1.49. The molecule has 0 unspecified atom stereocenters. The molecule has 0 spiro atoms. The number of fused-ring (bicyclic) bond motifs is 1. The Morgan fingerprint density at radius 1 is 1.24 bits per heavy atom. The maximum absolute atomic E-state index is 5.14. The second kappa shape index (κ2) is 5.65. The van der Waals surface area contributed by atoms with Crippen LogP contribution in [0, 0.1) is 13.8 Å². The van der Waals surface area contributed by atoms with Gasteiger partial charge in [-0.1, -0.05) is 0 Å². The van der Waals surface area contributed by atoms with Crippen molar-refractivity contribution in [2.45, 2.75) is 20.4 Å². The van der Waals surface area contributed by atoms with Crippen LogP contribution in [0.25, 0.3) is 10.2 Å². The molecule has 108 valence electrons. The van der Waals surface area contributed by atoms with Gasteiger partial charge in [-0.05, 0) is 31.0 Å². The summed E-state index contributed by atoms with van der Waals surface area (Å²) in [5.41, 5.74) is 2.34. The summed E-state index contributed by atoms with van der Waals surface area (Å²) >= 11 is 1.70. The number of rotatable bonds is 4. The number of hydrogen-bond donors (Lipinski definition) is 1. The lowest BCUT2D eigenvalue weighted by Gasteiger charge is -2.08. The largest absolute Gasteiger partial charge is 0.481 e. The second-order valence-electron chi connectivity index (χ2n) is 4.75. The van der Waals surface area contributed by atoms with Gasteiger partial charge in [0, 0.05) is 23.7 Å². The van der Waals surface area contributed by atoms with Crippen LogP contribution in [-0.4, -0.2) is 22.1 Å². The molecule has 0 aliphatic rings. The first-order chi connectivity index (χ1) is 10.2. The van der Waals surface area contributed by atoms with E-state index in [0.717, 1.165) is 21.6 Å². The summed E-state index contributed by atoms with van der Waals surface area (Å²) in [6.07, 6.45) is 3.35. The first kappa shape index (κ1) is 13.8. The summed E-state index contributed by atoms with van der Waals surface area (Å²) in [6, 6.07) is 3.87. The average Bonchev–Trinajstić information content (AvgIpc) is 2.81. The van der Waals surface area contributed by atoms with Crippen molar-refractivity contribution in [2.24, 2.45) is 0 Å². The van der Waals surface area contributed by atoms with Gasteiger partial charge < -0.3 is 10.1 Å². The molecule has 0 radical (unpaired) electrons. The fourth-order valence-electron chi connectivity index (χ4n) is 2.17. The number of methoxy groups -OCH3 is 1. The minimum Gasteiger partial charge on any atom is -0.481 e. The van der Waals surface area contributed by atoms with E-state index < -0.39 is 0 Å². The van der Waals surface area contributed by atoms with Crippen LogP contribution in [0.2, 0.25) is 0 Å². The quantitative estimate of drug-likeness (QED) is 0.801. The number of nitrogens with one attached hydrogen (secondary N) is 1. The van der Waals surface area contributed by atoms with E-state index in [9.17, 15) is 0 Å². The summed E-state index contributed by atoms with van der Waals surface area (Å²) in [7, 11) is 1.62. The third-order valence-electron chi connectivity index (χ3n) is 3.43. The fourth-order valence-corrected chi connectivity index (χ4v) is 3.17. The van der Waals surface area contributed by atoms with Gasteiger partial charge in [-0.2, -0.15) is 0 Å². The molecule has 0 amide bonds. The summed E-state index contributed by atoms with van der Waals surface area (Å²) in [6.45, 7) is 4.89. The van der Waals surface area contributed by atoms with Crippen LogP contribution in [0.15, 0.2) is 24.7 Å². The van der Waals surface area contributed by atoms with Gasteiger partial charge in [-0.15, -0.1) is 11.3 Å². The van der Waals surface area contributed by atoms with Gasteiger partial charge in [0.1, 0.15) is 17.0 Å². The van der Waals surface area contributed by atoms with Gasteiger partial charge in [0.15, 0.2) is 0 Å². The van der Waals surface area contributed by atoms with Gasteiger partial charge in [0.05, 0.1) is 12.5 Å². The number of thiophene rings is 1. The molecule has 3 heterocycles. The highest BCUT2D eigenvalue weighted by Gasteiger charge is 2.11. The molecule has 5 nitrogen and oxygen atoms in total. The lowest BCUT2D eigenvalue weighted by molar-refractivity contribution is 0.397.